The zero-order chi connectivity index (χ0) is 37.7. The number of anilines is 3. The molecule has 2 heterocycles. The number of thiophene rings is 2. The second-order valence-corrected chi connectivity index (χ2v) is 16.6. The molecular formula is C54H35NS2. The van der Waals surface area contributed by atoms with E-state index in [9.17, 15) is 0 Å². The largest absolute Gasteiger partial charge is 0.309 e. The average Bonchev–Trinajstić information content (AvgIpc) is 3.86. The minimum atomic E-state index is 1.11. The van der Waals surface area contributed by atoms with Gasteiger partial charge in [-0.25, -0.2) is 0 Å². The average molecular weight is 762 g/mol. The Hall–Kier alpha value is -6.78. The van der Waals surface area contributed by atoms with Crippen molar-refractivity contribution in [3.63, 3.8) is 0 Å². The first kappa shape index (κ1) is 33.5. The maximum atomic E-state index is 2.46. The highest BCUT2D eigenvalue weighted by atomic mass is 32.1. The summed E-state index contributed by atoms with van der Waals surface area (Å²) in [6, 6.07) is 77.7. The summed E-state index contributed by atoms with van der Waals surface area (Å²) in [4.78, 5) is 2.46. The van der Waals surface area contributed by atoms with Crippen LogP contribution in [0.15, 0.2) is 212 Å². The molecule has 0 radical (unpaired) electrons. The molecule has 11 rings (SSSR count). The monoisotopic (exact) mass is 761 g/mol. The van der Waals surface area contributed by atoms with Gasteiger partial charge in [0.2, 0.25) is 0 Å². The number of hydrogen-bond donors (Lipinski definition) is 0. The van der Waals surface area contributed by atoms with Gasteiger partial charge < -0.3 is 4.90 Å². The molecule has 57 heavy (non-hydrogen) atoms. The molecule has 0 aliphatic rings. The molecule has 0 fully saturated rings. The number of benzene rings is 9. The first-order valence-corrected chi connectivity index (χ1v) is 21.0. The van der Waals surface area contributed by atoms with Crippen molar-refractivity contribution in [2.24, 2.45) is 0 Å². The van der Waals surface area contributed by atoms with Crippen molar-refractivity contribution in [1.82, 2.24) is 0 Å². The van der Waals surface area contributed by atoms with Crippen LogP contribution in [0, 0.1) is 0 Å². The van der Waals surface area contributed by atoms with Gasteiger partial charge in [-0.3, -0.25) is 0 Å². The molecule has 9 aromatic carbocycles. The third-order valence-electron chi connectivity index (χ3n) is 11.1. The molecule has 268 valence electrons. The third kappa shape index (κ3) is 5.91. The fourth-order valence-corrected chi connectivity index (χ4v) is 10.7. The lowest BCUT2D eigenvalue weighted by Gasteiger charge is -2.27. The lowest BCUT2D eigenvalue weighted by Crippen LogP contribution is -2.10. The molecular weight excluding hydrogens is 727 g/mol. The fourth-order valence-electron chi connectivity index (χ4n) is 8.40. The Kier molecular flexibility index (Phi) is 8.28. The maximum absolute atomic E-state index is 2.46. The molecule has 0 saturated carbocycles. The predicted octanol–water partition coefficient (Wildman–Crippen LogP) is 16.6. The zero-order valence-corrected chi connectivity index (χ0v) is 32.6. The standard InChI is InChI=1S/C54H35NS2/c1-3-14-36(15-4-1)42-18-7-8-19-43(42)38-26-29-40(30-27-38)55(50-23-13-22-47-45-20-9-12-25-52(45)57-54(47)50)41-31-32-44(37-16-5-2-6-17-37)48(35-41)39-28-33-53-49(34-39)46-21-10-11-24-51(46)56-53/h1-35H. The van der Waals surface area contributed by atoms with E-state index in [2.05, 4.69) is 217 Å². The Labute approximate surface area is 340 Å². The van der Waals surface area contributed by atoms with Crippen molar-refractivity contribution in [2.45, 2.75) is 0 Å². The van der Waals surface area contributed by atoms with Gasteiger partial charge in [0.25, 0.3) is 0 Å². The first-order valence-electron chi connectivity index (χ1n) is 19.3. The Morgan fingerprint density at radius 1 is 0.281 bits per heavy atom. The summed E-state index contributed by atoms with van der Waals surface area (Å²) in [5.41, 5.74) is 13.1. The molecule has 0 aliphatic carbocycles. The predicted molar refractivity (Wildman–Crippen MR) is 249 cm³/mol. The Morgan fingerprint density at radius 3 is 1.49 bits per heavy atom. The van der Waals surface area contributed by atoms with Crippen LogP contribution in [0.5, 0.6) is 0 Å². The molecule has 0 aliphatic heterocycles. The molecule has 1 nitrogen and oxygen atoms in total. The number of hydrogen-bond acceptors (Lipinski definition) is 3. The van der Waals surface area contributed by atoms with E-state index in [1.165, 1.54) is 90.5 Å². The van der Waals surface area contributed by atoms with Crippen molar-refractivity contribution < 1.29 is 0 Å². The van der Waals surface area contributed by atoms with E-state index in [1.54, 1.807) is 0 Å². The highest BCUT2D eigenvalue weighted by Crippen LogP contribution is 2.47. The van der Waals surface area contributed by atoms with Crippen LogP contribution < -0.4 is 4.90 Å². The molecule has 11 aromatic rings. The van der Waals surface area contributed by atoms with Crippen LogP contribution in [0.4, 0.5) is 17.1 Å². The molecule has 3 heteroatoms. The van der Waals surface area contributed by atoms with Crippen molar-refractivity contribution >= 4 is 80.1 Å². The summed E-state index contributed by atoms with van der Waals surface area (Å²) in [5, 5.41) is 5.19. The van der Waals surface area contributed by atoms with E-state index in [1.807, 2.05) is 22.7 Å². The number of nitrogens with zero attached hydrogens (tertiary/aromatic N) is 1. The Bertz CT molecular complexity index is 3230. The third-order valence-corrected chi connectivity index (χ3v) is 13.5. The van der Waals surface area contributed by atoms with Crippen molar-refractivity contribution in [1.29, 1.82) is 0 Å². The van der Waals surface area contributed by atoms with Gasteiger partial charge in [0.05, 0.1) is 10.4 Å². The molecule has 0 spiro atoms. The van der Waals surface area contributed by atoms with Gasteiger partial charge >= 0.3 is 0 Å². The van der Waals surface area contributed by atoms with Crippen LogP contribution in [0.25, 0.3) is 84.9 Å². The molecule has 0 atom stereocenters. The van der Waals surface area contributed by atoms with E-state index in [0.717, 1.165) is 11.4 Å². The Morgan fingerprint density at radius 2 is 0.789 bits per heavy atom. The zero-order valence-electron chi connectivity index (χ0n) is 31.0. The van der Waals surface area contributed by atoms with Crippen molar-refractivity contribution in [3.05, 3.63) is 212 Å². The summed E-state index contributed by atoms with van der Waals surface area (Å²) in [7, 11) is 0. The van der Waals surface area contributed by atoms with Gasteiger partial charge in [-0.1, -0.05) is 158 Å². The van der Waals surface area contributed by atoms with E-state index in [-0.39, 0.29) is 0 Å². The van der Waals surface area contributed by atoms with Gasteiger partial charge in [0, 0.05) is 47.0 Å². The van der Waals surface area contributed by atoms with Crippen molar-refractivity contribution in [3.8, 4) is 44.5 Å². The van der Waals surface area contributed by atoms with Gasteiger partial charge in [0.15, 0.2) is 0 Å². The summed E-state index contributed by atoms with van der Waals surface area (Å²) in [5.74, 6) is 0. The summed E-state index contributed by atoms with van der Waals surface area (Å²) < 4.78 is 5.20. The van der Waals surface area contributed by atoms with Gasteiger partial charge in [-0.15, -0.1) is 22.7 Å². The van der Waals surface area contributed by atoms with Crippen molar-refractivity contribution in [2.75, 3.05) is 4.90 Å². The summed E-state index contributed by atoms with van der Waals surface area (Å²) >= 11 is 3.73. The molecule has 2 aromatic heterocycles. The van der Waals surface area contributed by atoms with Crippen LogP contribution in [-0.2, 0) is 0 Å². The molecule has 0 N–H and O–H groups in total. The smallest absolute Gasteiger partial charge is 0.0640 e. The van der Waals surface area contributed by atoms with Gasteiger partial charge in [0.1, 0.15) is 0 Å². The first-order chi connectivity index (χ1) is 28.3. The molecule has 0 unspecified atom stereocenters. The minimum absolute atomic E-state index is 1.11. The number of fused-ring (bicyclic) bond motifs is 6. The maximum Gasteiger partial charge on any atom is 0.0640 e. The fraction of sp³-hybridized carbons (Fsp3) is 0. The highest BCUT2D eigenvalue weighted by molar-refractivity contribution is 7.26. The number of rotatable bonds is 7. The van der Waals surface area contributed by atoms with Crippen LogP contribution >= 0.6 is 22.7 Å². The lowest BCUT2D eigenvalue weighted by molar-refractivity contribution is 1.30. The van der Waals surface area contributed by atoms with Gasteiger partial charge in [-0.05, 0) is 99.1 Å². The summed E-state index contributed by atoms with van der Waals surface area (Å²) in [6.07, 6.45) is 0. The Balaban J connectivity index is 1.12. The summed E-state index contributed by atoms with van der Waals surface area (Å²) in [6.45, 7) is 0. The van der Waals surface area contributed by atoms with Crippen LogP contribution in [-0.4, -0.2) is 0 Å². The van der Waals surface area contributed by atoms with E-state index in [4.69, 9.17) is 0 Å². The lowest BCUT2D eigenvalue weighted by atomic mass is 9.92. The minimum Gasteiger partial charge on any atom is -0.309 e. The molecule has 0 saturated heterocycles. The van der Waals surface area contributed by atoms with E-state index >= 15 is 0 Å². The highest BCUT2D eigenvalue weighted by Gasteiger charge is 2.21. The topological polar surface area (TPSA) is 3.24 Å². The van der Waals surface area contributed by atoms with Gasteiger partial charge in [-0.2, -0.15) is 0 Å². The second kappa shape index (κ2) is 14.1. The second-order valence-electron chi connectivity index (χ2n) is 14.5. The van der Waals surface area contributed by atoms with Crippen LogP contribution in [0.3, 0.4) is 0 Å². The molecule has 0 bridgehead atoms. The quantitative estimate of drug-likeness (QED) is 0.156. The van der Waals surface area contributed by atoms with E-state index < -0.39 is 0 Å². The van der Waals surface area contributed by atoms with E-state index in [0.29, 0.717) is 0 Å². The SMILES string of the molecule is c1ccc(-c2ccccc2-c2ccc(N(c3ccc(-c4ccccc4)c(-c4ccc5sc6ccccc6c5c4)c3)c3cccc4c3sc3ccccc34)cc2)cc1. The van der Waals surface area contributed by atoms with Crippen LogP contribution in [0.1, 0.15) is 0 Å². The van der Waals surface area contributed by atoms with Crippen LogP contribution in [0.2, 0.25) is 0 Å². The normalized spacial score (nSPS) is 11.5. The molecule has 0 amide bonds.